The van der Waals surface area contributed by atoms with E-state index in [2.05, 4.69) is 15.9 Å². The van der Waals surface area contributed by atoms with Gasteiger partial charge in [0.2, 0.25) is 5.91 Å². The number of hydrogen-bond donors (Lipinski definition) is 1. The zero-order valence-corrected chi connectivity index (χ0v) is 12.5. The molecule has 1 aromatic rings. The van der Waals surface area contributed by atoms with Crippen LogP contribution >= 0.6 is 15.9 Å². The van der Waals surface area contributed by atoms with Gasteiger partial charge >= 0.3 is 5.97 Å². The minimum Gasteiger partial charge on any atom is -0.480 e. The van der Waals surface area contributed by atoms with E-state index in [9.17, 15) is 9.59 Å². The van der Waals surface area contributed by atoms with Crippen molar-refractivity contribution in [3.8, 4) is 0 Å². The maximum atomic E-state index is 12.4. The van der Waals surface area contributed by atoms with Crippen molar-refractivity contribution in [1.82, 2.24) is 4.90 Å². The third-order valence-electron chi connectivity index (χ3n) is 3.96. The Hall–Kier alpha value is -1.36. The van der Waals surface area contributed by atoms with Crippen molar-refractivity contribution in [3.05, 3.63) is 34.3 Å². The molecular formula is C15H16BrNO3. The van der Waals surface area contributed by atoms with Crippen LogP contribution < -0.4 is 0 Å². The Morgan fingerprint density at radius 1 is 1.35 bits per heavy atom. The summed E-state index contributed by atoms with van der Waals surface area (Å²) in [5.41, 5.74) is 1.16. The minimum absolute atomic E-state index is 0.0138. The second-order valence-electron chi connectivity index (χ2n) is 5.59. The van der Waals surface area contributed by atoms with Crippen molar-refractivity contribution in [3.63, 3.8) is 0 Å². The second-order valence-corrected chi connectivity index (χ2v) is 6.51. The van der Waals surface area contributed by atoms with Crippen LogP contribution in [-0.2, 0) is 9.59 Å². The molecule has 1 N–H and O–H groups in total. The van der Waals surface area contributed by atoms with Gasteiger partial charge in [-0.2, -0.15) is 0 Å². The van der Waals surface area contributed by atoms with Gasteiger partial charge in [0.25, 0.3) is 0 Å². The van der Waals surface area contributed by atoms with E-state index in [4.69, 9.17) is 5.11 Å². The predicted octanol–water partition coefficient (Wildman–Crippen LogP) is 2.63. The van der Waals surface area contributed by atoms with E-state index < -0.39 is 5.97 Å². The first-order valence-corrected chi connectivity index (χ1v) is 7.63. The number of carbonyl (C=O) groups is 2. The van der Waals surface area contributed by atoms with E-state index in [0.717, 1.165) is 29.3 Å². The Labute approximate surface area is 125 Å². The first-order valence-electron chi connectivity index (χ1n) is 6.84. The number of amides is 1. The summed E-state index contributed by atoms with van der Waals surface area (Å²) in [7, 11) is 0. The Morgan fingerprint density at radius 2 is 2.10 bits per heavy atom. The van der Waals surface area contributed by atoms with Gasteiger partial charge in [-0.1, -0.05) is 28.1 Å². The number of aliphatic carboxylic acids is 1. The van der Waals surface area contributed by atoms with Crippen LogP contribution in [-0.4, -0.2) is 34.5 Å². The van der Waals surface area contributed by atoms with Crippen LogP contribution in [0.2, 0.25) is 0 Å². The van der Waals surface area contributed by atoms with Crippen LogP contribution in [0.3, 0.4) is 0 Å². The average Bonchev–Trinajstić information content (AvgIpc) is 3.27. The molecule has 0 aromatic heterocycles. The van der Waals surface area contributed by atoms with Gasteiger partial charge in [0.05, 0.1) is 0 Å². The highest BCUT2D eigenvalue weighted by molar-refractivity contribution is 9.10. The fourth-order valence-corrected chi connectivity index (χ4v) is 3.12. The van der Waals surface area contributed by atoms with Crippen LogP contribution in [0.4, 0.5) is 0 Å². The molecule has 1 aromatic carbocycles. The molecule has 2 atom stereocenters. The molecule has 1 amide bonds. The average molecular weight is 338 g/mol. The van der Waals surface area contributed by atoms with Crippen LogP contribution in [0.1, 0.15) is 30.7 Å². The van der Waals surface area contributed by atoms with Crippen molar-refractivity contribution in [1.29, 1.82) is 0 Å². The zero-order valence-electron chi connectivity index (χ0n) is 11.0. The summed E-state index contributed by atoms with van der Waals surface area (Å²) in [5.74, 6) is -0.705. The van der Waals surface area contributed by atoms with Crippen molar-refractivity contribution in [2.45, 2.75) is 31.2 Å². The number of benzene rings is 1. The van der Waals surface area contributed by atoms with Gasteiger partial charge in [0.1, 0.15) is 6.54 Å². The second kappa shape index (κ2) is 5.20. The topological polar surface area (TPSA) is 57.6 Å². The maximum absolute atomic E-state index is 12.4. The van der Waals surface area contributed by atoms with E-state index in [0.29, 0.717) is 0 Å². The molecular weight excluding hydrogens is 322 g/mol. The Balaban J connectivity index is 1.68. The zero-order chi connectivity index (χ0) is 14.3. The van der Waals surface area contributed by atoms with Crippen LogP contribution in [0.5, 0.6) is 0 Å². The molecule has 0 radical (unpaired) electrons. The van der Waals surface area contributed by atoms with Crippen molar-refractivity contribution < 1.29 is 14.7 Å². The molecule has 2 fully saturated rings. The molecule has 0 spiro atoms. The van der Waals surface area contributed by atoms with Gasteiger partial charge in [-0.15, -0.1) is 0 Å². The predicted molar refractivity (Wildman–Crippen MR) is 77.4 cm³/mol. The summed E-state index contributed by atoms with van der Waals surface area (Å²) >= 11 is 3.44. The molecule has 0 aliphatic heterocycles. The van der Waals surface area contributed by atoms with Crippen molar-refractivity contribution in [2.24, 2.45) is 5.92 Å². The highest BCUT2D eigenvalue weighted by atomic mass is 79.9. The van der Waals surface area contributed by atoms with E-state index in [1.54, 1.807) is 4.90 Å². The molecule has 3 rings (SSSR count). The summed E-state index contributed by atoms with van der Waals surface area (Å²) in [6.45, 7) is -0.162. The summed E-state index contributed by atoms with van der Waals surface area (Å²) in [6.07, 6.45) is 2.71. The Morgan fingerprint density at radius 3 is 2.70 bits per heavy atom. The third kappa shape index (κ3) is 2.87. The quantitative estimate of drug-likeness (QED) is 0.898. The number of nitrogens with zero attached hydrogens (tertiary/aromatic N) is 1. The SMILES string of the molecule is O=C(O)CN(C(=O)C1CC1c1cccc(Br)c1)C1CC1. The molecule has 2 unspecified atom stereocenters. The molecule has 2 aliphatic rings. The normalized spacial score (nSPS) is 24.2. The lowest BCUT2D eigenvalue weighted by Crippen LogP contribution is -2.38. The van der Waals surface area contributed by atoms with Crippen LogP contribution in [0.25, 0.3) is 0 Å². The molecule has 2 aliphatic carbocycles. The standard InChI is InChI=1S/C15H16BrNO3/c16-10-3-1-2-9(6-10)12-7-13(12)15(20)17(8-14(18)19)11-4-5-11/h1-3,6,11-13H,4-5,7-8H2,(H,18,19). The third-order valence-corrected chi connectivity index (χ3v) is 4.45. The molecule has 20 heavy (non-hydrogen) atoms. The van der Waals surface area contributed by atoms with Gasteiger partial charge in [-0.3, -0.25) is 9.59 Å². The monoisotopic (exact) mass is 337 g/mol. The van der Waals surface area contributed by atoms with Crippen LogP contribution in [0.15, 0.2) is 28.7 Å². The lowest BCUT2D eigenvalue weighted by Gasteiger charge is -2.20. The van der Waals surface area contributed by atoms with Gasteiger partial charge in [-0.05, 0) is 42.9 Å². The number of carboxylic acid groups (broad SMARTS) is 1. The molecule has 0 saturated heterocycles. The molecule has 4 nitrogen and oxygen atoms in total. The molecule has 2 saturated carbocycles. The van der Waals surface area contributed by atoms with E-state index in [1.165, 1.54) is 0 Å². The minimum atomic E-state index is -0.926. The summed E-state index contributed by atoms with van der Waals surface area (Å²) in [5, 5.41) is 8.93. The van der Waals surface area contributed by atoms with Gasteiger partial charge in [-0.25, -0.2) is 0 Å². The first kappa shape index (κ1) is 13.6. The lowest BCUT2D eigenvalue weighted by molar-refractivity contribution is -0.145. The number of halogens is 1. The van der Waals surface area contributed by atoms with Crippen molar-refractivity contribution >= 4 is 27.8 Å². The molecule has 5 heteroatoms. The maximum Gasteiger partial charge on any atom is 0.323 e. The summed E-state index contributed by atoms with van der Waals surface area (Å²) < 4.78 is 1.01. The Kier molecular flexibility index (Phi) is 3.54. The highest BCUT2D eigenvalue weighted by Gasteiger charge is 2.48. The van der Waals surface area contributed by atoms with Crippen LogP contribution in [0, 0.1) is 5.92 Å². The molecule has 0 bridgehead atoms. The molecule has 0 heterocycles. The lowest BCUT2D eigenvalue weighted by atomic mass is 10.1. The van der Waals surface area contributed by atoms with Gasteiger partial charge in [0, 0.05) is 16.4 Å². The summed E-state index contributed by atoms with van der Waals surface area (Å²) in [4.78, 5) is 24.9. The number of rotatable bonds is 5. The summed E-state index contributed by atoms with van der Waals surface area (Å²) in [6, 6.07) is 8.15. The van der Waals surface area contributed by atoms with E-state index >= 15 is 0 Å². The van der Waals surface area contributed by atoms with Gasteiger partial charge < -0.3 is 10.0 Å². The fourth-order valence-electron chi connectivity index (χ4n) is 2.71. The number of hydrogen-bond acceptors (Lipinski definition) is 2. The van der Waals surface area contributed by atoms with E-state index in [-0.39, 0.29) is 30.3 Å². The number of carboxylic acids is 1. The van der Waals surface area contributed by atoms with E-state index in [1.807, 2.05) is 24.3 Å². The number of carbonyl (C=O) groups excluding carboxylic acids is 1. The molecule has 106 valence electrons. The van der Waals surface area contributed by atoms with Gasteiger partial charge in [0.15, 0.2) is 0 Å². The Bertz CT molecular complexity index is 556. The highest BCUT2D eigenvalue weighted by Crippen LogP contribution is 2.49. The first-order chi connectivity index (χ1) is 9.56. The van der Waals surface area contributed by atoms with Crippen molar-refractivity contribution in [2.75, 3.05) is 6.54 Å². The largest absolute Gasteiger partial charge is 0.480 e. The fraction of sp³-hybridized carbons (Fsp3) is 0.467. The smallest absolute Gasteiger partial charge is 0.323 e.